The summed E-state index contributed by atoms with van der Waals surface area (Å²) in [7, 11) is 0. The molecule has 0 amide bonds. The molecule has 0 N–H and O–H groups in total. The van der Waals surface area contributed by atoms with E-state index < -0.39 is 0 Å². The molecule has 1 aliphatic carbocycles. The monoisotopic (exact) mass is 316 g/mol. The van der Waals surface area contributed by atoms with Gasteiger partial charge in [0.15, 0.2) is 0 Å². The molecule has 2 heterocycles. The molecule has 0 aliphatic heterocycles. The summed E-state index contributed by atoms with van der Waals surface area (Å²) in [5, 5.41) is 0. The maximum Gasteiger partial charge on any atom is 0.140 e. The van der Waals surface area contributed by atoms with Crippen molar-refractivity contribution in [3.8, 4) is 11.3 Å². The van der Waals surface area contributed by atoms with Gasteiger partial charge in [-0.1, -0.05) is 0 Å². The summed E-state index contributed by atoms with van der Waals surface area (Å²) in [6.45, 7) is 2.05. The Morgan fingerprint density at radius 3 is 3.00 bits per heavy atom. The van der Waals surface area contributed by atoms with Crippen molar-refractivity contribution in [2.75, 3.05) is 0 Å². The van der Waals surface area contributed by atoms with E-state index in [4.69, 9.17) is 4.98 Å². The Hall–Kier alpha value is -1.68. The fourth-order valence-corrected chi connectivity index (χ4v) is 3.37. The molecule has 0 bridgehead atoms. The lowest BCUT2D eigenvalue weighted by Gasteiger charge is -2.03. The van der Waals surface area contributed by atoms with Gasteiger partial charge in [0, 0.05) is 22.7 Å². The molecule has 0 radical (unpaired) electrons. The maximum atomic E-state index is 13.3. The lowest BCUT2D eigenvalue weighted by Crippen LogP contribution is -1.94. The minimum atomic E-state index is -0.185. The first-order chi connectivity index (χ1) is 9.13. The number of hydrogen-bond acceptors (Lipinski definition) is 1. The van der Waals surface area contributed by atoms with Gasteiger partial charge in [0.05, 0.1) is 11.4 Å². The normalized spacial score (nSPS) is 12.8. The predicted molar refractivity (Wildman–Crippen MR) is 75.8 cm³/mol. The van der Waals surface area contributed by atoms with Gasteiger partial charge in [-0.3, -0.25) is 0 Å². The number of aromatic nitrogens is 2. The summed E-state index contributed by atoms with van der Waals surface area (Å²) < 4.78 is 16.4. The van der Waals surface area contributed by atoms with Crippen molar-refractivity contribution in [1.82, 2.24) is 9.38 Å². The highest BCUT2D eigenvalue weighted by atomic mass is 79.9. The third-order valence-corrected chi connectivity index (χ3v) is 4.08. The third kappa shape index (κ3) is 1.49. The Labute approximate surface area is 118 Å². The molecule has 0 spiro atoms. The van der Waals surface area contributed by atoms with Crippen LogP contribution in [0.1, 0.15) is 16.8 Å². The molecule has 94 valence electrons. The largest absolute Gasteiger partial charge is 0.302 e. The molecule has 0 saturated carbocycles. The number of hydrogen-bond donors (Lipinski definition) is 0. The van der Waals surface area contributed by atoms with Gasteiger partial charge in [0.1, 0.15) is 11.5 Å². The number of benzene rings is 1. The molecule has 1 aliphatic rings. The number of rotatable bonds is 0. The maximum absolute atomic E-state index is 13.3. The molecule has 0 fully saturated rings. The summed E-state index contributed by atoms with van der Waals surface area (Å²) in [6, 6.07) is 6.99. The van der Waals surface area contributed by atoms with E-state index in [1.165, 1.54) is 6.07 Å². The van der Waals surface area contributed by atoms with Crippen LogP contribution in [-0.4, -0.2) is 9.38 Å². The van der Waals surface area contributed by atoms with Crippen LogP contribution in [0.25, 0.3) is 16.9 Å². The van der Waals surface area contributed by atoms with Gasteiger partial charge in [-0.15, -0.1) is 0 Å². The standard InChI is InChI=1S/C15H10BrFN2/c1-8-4-10(16)7-19-13-6-9-5-11(17)2-3-12(9)14(13)18-15(8)19/h2-5,7H,6H2,1H3. The van der Waals surface area contributed by atoms with E-state index in [9.17, 15) is 4.39 Å². The number of pyridine rings is 1. The van der Waals surface area contributed by atoms with E-state index in [1.54, 1.807) is 6.07 Å². The minimum absolute atomic E-state index is 0.185. The lowest BCUT2D eigenvalue weighted by molar-refractivity contribution is 0.626. The molecule has 0 saturated heterocycles. The Morgan fingerprint density at radius 1 is 1.32 bits per heavy atom. The fraction of sp³-hybridized carbons (Fsp3) is 0.133. The van der Waals surface area contributed by atoms with Crippen LogP contribution in [-0.2, 0) is 6.42 Å². The van der Waals surface area contributed by atoms with Crippen LogP contribution in [0.5, 0.6) is 0 Å². The highest BCUT2D eigenvalue weighted by molar-refractivity contribution is 9.10. The first-order valence-corrected chi connectivity index (χ1v) is 6.88. The Balaban J connectivity index is 2.07. The van der Waals surface area contributed by atoms with Gasteiger partial charge >= 0.3 is 0 Å². The summed E-state index contributed by atoms with van der Waals surface area (Å²) in [5.74, 6) is -0.185. The summed E-state index contributed by atoms with van der Waals surface area (Å²) in [4.78, 5) is 4.72. The topological polar surface area (TPSA) is 17.3 Å². The van der Waals surface area contributed by atoms with E-state index in [-0.39, 0.29) is 5.82 Å². The van der Waals surface area contributed by atoms with Gasteiger partial charge in [-0.25, -0.2) is 9.37 Å². The van der Waals surface area contributed by atoms with Crippen LogP contribution in [0.2, 0.25) is 0 Å². The molecule has 2 nitrogen and oxygen atoms in total. The summed E-state index contributed by atoms with van der Waals surface area (Å²) in [5.41, 5.74) is 6.30. The number of imidazole rings is 1. The predicted octanol–water partition coefficient (Wildman–Crippen LogP) is 4.12. The summed E-state index contributed by atoms with van der Waals surface area (Å²) in [6.07, 6.45) is 2.76. The van der Waals surface area contributed by atoms with E-state index in [1.807, 2.05) is 19.2 Å². The zero-order valence-corrected chi connectivity index (χ0v) is 11.8. The molecule has 2 aromatic heterocycles. The molecule has 4 heteroatoms. The summed E-state index contributed by atoms with van der Waals surface area (Å²) >= 11 is 3.51. The van der Waals surface area contributed by atoms with Crippen molar-refractivity contribution < 1.29 is 4.39 Å². The van der Waals surface area contributed by atoms with Gasteiger partial charge in [-0.05, 0) is 58.2 Å². The Bertz CT molecular complexity index is 836. The fourth-order valence-electron chi connectivity index (χ4n) is 2.82. The highest BCUT2D eigenvalue weighted by Gasteiger charge is 2.25. The molecule has 0 unspecified atom stereocenters. The zero-order chi connectivity index (χ0) is 13.1. The molecule has 1 aromatic carbocycles. The Morgan fingerprint density at radius 2 is 2.16 bits per heavy atom. The van der Waals surface area contributed by atoms with Gasteiger partial charge in [-0.2, -0.15) is 0 Å². The number of fused-ring (bicyclic) bond motifs is 5. The van der Waals surface area contributed by atoms with Crippen molar-refractivity contribution in [2.45, 2.75) is 13.3 Å². The minimum Gasteiger partial charge on any atom is -0.302 e. The van der Waals surface area contributed by atoms with Crippen LogP contribution in [0.15, 0.2) is 34.9 Å². The van der Waals surface area contributed by atoms with E-state index in [0.29, 0.717) is 0 Å². The zero-order valence-electron chi connectivity index (χ0n) is 10.2. The van der Waals surface area contributed by atoms with Crippen molar-refractivity contribution >= 4 is 21.6 Å². The molecule has 4 rings (SSSR count). The quantitative estimate of drug-likeness (QED) is 0.477. The number of nitrogens with zero attached hydrogens (tertiary/aromatic N) is 2. The van der Waals surface area contributed by atoms with Crippen molar-refractivity contribution in [2.24, 2.45) is 0 Å². The Kier molecular flexibility index (Phi) is 2.16. The second-order valence-electron chi connectivity index (χ2n) is 4.92. The van der Waals surface area contributed by atoms with Crippen LogP contribution >= 0.6 is 15.9 Å². The van der Waals surface area contributed by atoms with Crippen LogP contribution in [0, 0.1) is 12.7 Å². The molecular weight excluding hydrogens is 307 g/mol. The first kappa shape index (κ1) is 11.2. The third-order valence-electron chi connectivity index (χ3n) is 3.65. The van der Waals surface area contributed by atoms with Crippen molar-refractivity contribution in [3.63, 3.8) is 0 Å². The van der Waals surface area contributed by atoms with E-state index >= 15 is 0 Å². The van der Waals surface area contributed by atoms with Gasteiger partial charge in [0.25, 0.3) is 0 Å². The molecular formula is C15H10BrFN2. The molecule has 3 aromatic rings. The van der Waals surface area contributed by atoms with Crippen molar-refractivity contribution in [3.05, 3.63) is 57.6 Å². The van der Waals surface area contributed by atoms with Gasteiger partial charge < -0.3 is 4.40 Å². The van der Waals surface area contributed by atoms with Crippen molar-refractivity contribution in [1.29, 1.82) is 0 Å². The van der Waals surface area contributed by atoms with E-state index in [2.05, 4.69) is 26.4 Å². The first-order valence-electron chi connectivity index (χ1n) is 6.09. The smallest absolute Gasteiger partial charge is 0.140 e. The van der Waals surface area contributed by atoms with Gasteiger partial charge in [0.2, 0.25) is 0 Å². The molecule has 0 atom stereocenters. The average Bonchev–Trinajstić information content (AvgIpc) is 2.85. The number of aryl methyl sites for hydroxylation is 1. The second kappa shape index (κ2) is 3.67. The van der Waals surface area contributed by atoms with Crippen LogP contribution < -0.4 is 0 Å². The second-order valence-corrected chi connectivity index (χ2v) is 5.84. The lowest BCUT2D eigenvalue weighted by atomic mass is 10.1. The average molecular weight is 317 g/mol. The number of halogens is 2. The van der Waals surface area contributed by atoms with Crippen LogP contribution in [0.4, 0.5) is 4.39 Å². The highest BCUT2D eigenvalue weighted by Crippen LogP contribution is 2.37. The van der Waals surface area contributed by atoms with E-state index in [0.717, 1.165) is 44.6 Å². The SMILES string of the molecule is Cc1cc(Br)cn2c3c(nc12)-c1ccc(F)cc1C3. The molecule has 19 heavy (non-hydrogen) atoms. The van der Waals surface area contributed by atoms with Crippen LogP contribution in [0.3, 0.4) is 0 Å².